The Morgan fingerprint density at radius 2 is 2.30 bits per heavy atom. The molecule has 0 radical (unpaired) electrons. The molecule has 0 spiro atoms. The van der Waals surface area contributed by atoms with Crippen LogP contribution in [-0.2, 0) is 11.3 Å². The van der Waals surface area contributed by atoms with Gasteiger partial charge in [-0.1, -0.05) is 11.6 Å². The van der Waals surface area contributed by atoms with Gasteiger partial charge in [0.15, 0.2) is 5.82 Å². The number of nitrogen functional groups attached to an aromatic ring is 1. The van der Waals surface area contributed by atoms with Gasteiger partial charge in [0.05, 0.1) is 12.6 Å². The molecule has 2 aromatic rings. The fourth-order valence-corrected chi connectivity index (χ4v) is 2.62. The second-order valence-electron chi connectivity index (χ2n) is 5.40. The molecule has 1 saturated heterocycles. The average molecular weight is 273 g/mol. The van der Waals surface area contributed by atoms with Crippen molar-refractivity contribution in [3.8, 4) is 11.4 Å². The predicted octanol–water partition coefficient (Wildman–Crippen LogP) is 1.66. The van der Waals surface area contributed by atoms with Gasteiger partial charge in [-0.2, -0.15) is 0 Å². The van der Waals surface area contributed by atoms with Crippen LogP contribution in [0.25, 0.3) is 11.4 Å². The van der Waals surface area contributed by atoms with E-state index >= 15 is 0 Å². The minimum Gasteiger partial charge on any atom is -0.398 e. The minimum absolute atomic E-state index is 0.252. The predicted molar refractivity (Wildman–Crippen MR) is 75.9 cm³/mol. The number of hydrogen-bond acceptors (Lipinski definition) is 5. The Hall–Kier alpha value is -1.95. The molecule has 1 aromatic heterocycles. The molecule has 2 heterocycles. The van der Waals surface area contributed by atoms with Crippen LogP contribution in [-0.4, -0.2) is 32.9 Å². The van der Waals surface area contributed by atoms with E-state index in [2.05, 4.69) is 22.4 Å². The molecule has 0 bridgehead atoms. The molecule has 106 valence electrons. The van der Waals surface area contributed by atoms with E-state index < -0.39 is 0 Å². The third-order valence-electron chi connectivity index (χ3n) is 3.92. The van der Waals surface area contributed by atoms with Gasteiger partial charge in [0.25, 0.3) is 0 Å². The Morgan fingerprint density at radius 3 is 3.05 bits per heavy atom. The van der Waals surface area contributed by atoms with Crippen LogP contribution < -0.4 is 5.73 Å². The summed E-state index contributed by atoms with van der Waals surface area (Å²) in [5.41, 5.74) is 8.78. The van der Waals surface area contributed by atoms with Crippen LogP contribution in [0.3, 0.4) is 0 Å². The number of benzene rings is 1. The van der Waals surface area contributed by atoms with E-state index in [1.54, 1.807) is 0 Å². The van der Waals surface area contributed by atoms with Crippen molar-refractivity contribution in [1.82, 2.24) is 20.2 Å². The smallest absolute Gasteiger partial charge is 0.184 e. The van der Waals surface area contributed by atoms with Crippen molar-refractivity contribution < 1.29 is 4.74 Å². The highest BCUT2D eigenvalue weighted by molar-refractivity contribution is 5.72. The summed E-state index contributed by atoms with van der Waals surface area (Å²) >= 11 is 0. The summed E-state index contributed by atoms with van der Waals surface area (Å²) in [6.07, 6.45) is 1.30. The van der Waals surface area contributed by atoms with E-state index in [1.807, 2.05) is 29.8 Å². The number of nitrogens with two attached hydrogens (primary N) is 1. The van der Waals surface area contributed by atoms with Crippen LogP contribution in [0, 0.1) is 12.8 Å². The molecule has 6 heteroatoms. The second-order valence-corrected chi connectivity index (χ2v) is 5.40. The van der Waals surface area contributed by atoms with Crippen LogP contribution in [0.5, 0.6) is 0 Å². The van der Waals surface area contributed by atoms with E-state index in [0.29, 0.717) is 11.6 Å². The fraction of sp³-hybridized carbons (Fsp3) is 0.500. The Labute approximate surface area is 117 Å². The van der Waals surface area contributed by atoms with Gasteiger partial charge in [-0.15, -0.1) is 5.10 Å². The van der Waals surface area contributed by atoms with Crippen LogP contribution >= 0.6 is 0 Å². The van der Waals surface area contributed by atoms with E-state index in [0.717, 1.165) is 36.5 Å². The number of rotatable bonds is 3. The van der Waals surface area contributed by atoms with Crippen LogP contribution in [0.1, 0.15) is 18.9 Å². The molecule has 1 aliphatic heterocycles. The highest BCUT2D eigenvalue weighted by atomic mass is 16.5. The normalized spacial score (nSPS) is 22.3. The molecule has 1 aromatic carbocycles. The number of aryl methyl sites for hydroxylation is 1. The molecule has 2 unspecified atom stereocenters. The van der Waals surface area contributed by atoms with Crippen LogP contribution in [0.4, 0.5) is 5.69 Å². The molecule has 0 saturated carbocycles. The molecular weight excluding hydrogens is 254 g/mol. The summed E-state index contributed by atoms with van der Waals surface area (Å²) in [5.74, 6) is 1.17. The zero-order valence-corrected chi connectivity index (χ0v) is 11.8. The Morgan fingerprint density at radius 1 is 1.45 bits per heavy atom. The molecule has 1 aliphatic rings. The third-order valence-corrected chi connectivity index (χ3v) is 3.92. The number of nitrogens with zero attached hydrogens (tertiary/aromatic N) is 4. The molecule has 1 fully saturated rings. The van der Waals surface area contributed by atoms with E-state index in [4.69, 9.17) is 10.5 Å². The van der Waals surface area contributed by atoms with Crippen molar-refractivity contribution in [3.05, 3.63) is 23.8 Å². The minimum atomic E-state index is 0.252. The maximum atomic E-state index is 6.05. The number of hydrogen-bond donors (Lipinski definition) is 1. The molecule has 0 amide bonds. The van der Waals surface area contributed by atoms with Gasteiger partial charge in [-0.25, -0.2) is 4.68 Å². The van der Waals surface area contributed by atoms with E-state index in [-0.39, 0.29) is 6.10 Å². The quantitative estimate of drug-likeness (QED) is 0.860. The maximum Gasteiger partial charge on any atom is 0.184 e. The number of aromatic nitrogens is 4. The van der Waals surface area contributed by atoms with Crippen molar-refractivity contribution >= 4 is 5.69 Å². The zero-order valence-electron chi connectivity index (χ0n) is 11.8. The first-order chi connectivity index (χ1) is 9.65. The highest BCUT2D eigenvalue weighted by Gasteiger charge is 2.26. The van der Waals surface area contributed by atoms with E-state index in [1.165, 1.54) is 0 Å². The lowest BCUT2D eigenvalue weighted by Crippen LogP contribution is -2.19. The lowest BCUT2D eigenvalue weighted by atomic mass is 10.0. The van der Waals surface area contributed by atoms with Gasteiger partial charge >= 0.3 is 0 Å². The summed E-state index contributed by atoms with van der Waals surface area (Å²) in [7, 11) is 0. The van der Waals surface area contributed by atoms with Crippen LogP contribution in [0.15, 0.2) is 18.2 Å². The molecule has 3 rings (SSSR count). The highest BCUT2D eigenvalue weighted by Crippen LogP contribution is 2.27. The lowest BCUT2D eigenvalue weighted by molar-refractivity contribution is 0.101. The SMILES string of the molecule is Cc1ccc(N)c(-c2nnnn2CC2CCOC2C)c1. The van der Waals surface area contributed by atoms with Crippen molar-refractivity contribution in [2.75, 3.05) is 12.3 Å². The first-order valence-corrected chi connectivity index (χ1v) is 6.89. The van der Waals surface area contributed by atoms with Gasteiger partial charge < -0.3 is 10.5 Å². The molecule has 2 atom stereocenters. The van der Waals surface area contributed by atoms with Gasteiger partial charge in [0, 0.05) is 23.8 Å². The standard InChI is InChI=1S/C14H19N5O/c1-9-3-4-13(15)12(7-9)14-16-17-18-19(14)8-11-5-6-20-10(11)2/h3-4,7,10-11H,5-6,8,15H2,1-2H3. The second kappa shape index (κ2) is 5.20. The summed E-state index contributed by atoms with van der Waals surface area (Å²) in [4.78, 5) is 0. The summed E-state index contributed by atoms with van der Waals surface area (Å²) < 4.78 is 7.43. The van der Waals surface area contributed by atoms with Gasteiger partial charge in [-0.3, -0.25) is 0 Å². The Balaban J connectivity index is 1.91. The zero-order chi connectivity index (χ0) is 14.1. The average Bonchev–Trinajstić information content (AvgIpc) is 3.03. The topological polar surface area (TPSA) is 78.9 Å². The first-order valence-electron chi connectivity index (χ1n) is 6.89. The largest absolute Gasteiger partial charge is 0.398 e. The van der Waals surface area contributed by atoms with Gasteiger partial charge in [0.1, 0.15) is 0 Å². The number of anilines is 1. The first kappa shape index (κ1) is 13.1. The third kappa shape index (κ3) is 2.38. The van der Waals surface area contributed by atoms with Crippen molar-refractivity contribution in [2.45, 2.75) is 32.9 Å². The molecule has 6 nitrogen and oxygen atoms in total. The molecule has 0 aliphatic carbocycles. The summed E-state index contributed by atoms with van der Waals surface area (Å²) in [6, 6.07) is 5.90. The van der Waals surface area contributed by atoms with Crippen molar-refractivity contribution in [2.24, 2.45) is 5.92 Å². The van der Waals surface area contributed by atoms with Gasteiger partial charge in [-0.05, 0) is 42.8 Å². The Bertz CT molecular complexity index is 609. The molecule has 2 N–H and O–H groups in total. The van der Waals surface area contributed by atoms with Crippen LogP contribution in [0.2, 0.25) is 0 Å². The fourth-order valence-electron chi connectivity index (χ4n) is 2.62. The molecule has 20 heavy (non-hydrogen) atoms. The molecular formula is C14H19N5O. The summed E-state index contributed by atoms with van der Waals surface area (Å²) in [6.45, 7) is 5.71. The number of tetrazole rings is 1. The number of ether oxygens (including phenoxy) is 1. The maximum absolute atomic E-state index is 6.05. The lowest BCUT2D eigenvalue weighted by Gasteiger charge is -2.15. The van der Waals surface area contributed by atoms with Crippen molar-refractivity contribution in [1.29, 1.82) is 0 Å². The Kier molecular flexibility index (Phi) is 3.40. The monoisotopic (exact) mass is 273 g/mol. The summed E-state index contributed by atoms with van der Waals surface area (Å²) in [5, 5.41) is 12.0. The van der Waals surface area contributed by atoms with Crippen molar-refractivity contribution in [3.63, 3.8) is 0 Å². The van der Waals surface area contributed by atoms with E-state index in [9.17, 15) is 0 Å². The van der Waals surface area contributed by atoms with Gasteiger partial charge in [0.2, 0.25) is 0 Å².